The molecule has 0 spiro atoms. The molecule has 4 heteroatoms. The van der Waals surface area contributed by atoms with Gasteiger partial charge in [0.2, 0.25) is 0 Å². The van der Waals surface area contributed by atoms with Crippen molar-refractivity contribution in [2.75, 3.05) is 0 Å². The minimum Gasteiger partial charge on any atom is -0.507 e. The lowest BCUT2D eigenvalue weighted by Gasteiger charge is -2.28. The van der Waals surface area contributed by atoms with Crippen LogP contribution in [0.4, 0.5) is 0 Å². The van der Waals surface area contributed by atoms with E-state index < -0.39 is 6.10 Å². The van der Waals surface area contributed by atoms with E-state index in [-0.39, 0.29) is 23.3 Å². The summed E-state index contributed by atoms with van der Waals surface area (Å²) in [6.07, 6.45) is 3.06. The maximum atomic E-state index is 12.0. The number of aliphatic hydroxyl groups excluding tert-OH is 1. The van der Waals surface area contributed by atoms with Crippen LogP contribution in [0.1, 0.15) is 41.6 Å². The summed E-state index contributed by atoms with van der Waals surface area (Å²) in [4.78, 5) is 12.0. The van der Waals surface area contributed by atoms with E-state index in [1.54, 1.807) is 25.1 Å². The number of carbonyl (C=O) groups is 1. The molecule has 1 aromatic carbocycles. The van der Waals surface area contributed by atoms with Gasteiger partial charge in [-0.05, 0) is 31.4 Å². The molecule has 0 bridgehead atoms. The Morgan fingerprint density at radius 3 is 2.78 bits per heavy atom. The number of aryl methyl sites for hydroxylation is 1. The van der Waals surface area contributed by atoms with Crippen LogP contribution in [-0.2, 0) is 0 Å². The summed E-state index contributed by atoms with van der Waals surface area (Å²) in [5.74, 6) is -0.303. The Hall–Kier alpha value is -1.55. The summed E-state index contributed by atoms with van der Waals surface area (Å²) in [7, 11) is 0. The van der Waals surface area contributed by atoms with E-state index in [2.05, 4.69) is 5.32 Å². The van der Waals surface area contributed by atoms with E-state index in [1.807, 2.05) is 0 Å². The third-order valence-electron chi connectivity index (χ3n) is 3.53. The lowest BCUT2D eigenvalue weighted by atomic mass is 9.92. The highest BCUT2D eigenvalue weighted by molar-refractivity contribution is 5.97. The van der Waals surface area contributed by atoms with Crippen molar-refractivity contribution in [2.24, 2.45) is 0 Å². The van der Waals surface area contributed by atoms with Crippen LogP contribution >= 0.6 is 0 Å². The van der Waals surface area contributed by atoms with E-state index in [9.17, 15) is 15.0 Å². The topological polar surface area (TPSA) is 69.6 Å². The second kappa shape index (κ2) is 5.40. The van der Waals surface area contributed by atoms with Crippen molar-refractivity contribution in [1.82, 2.24) is 5.32 Å². The molecule has 1 saturated carbocycles. The third-order valence-corrected chi connectivity index (χ3v) is 3.53. The van der Waals surface area contributed by atoms with E-state index in [0.29, 0.717) is 5.56 Å². The Kier molecular flexibility index (Phi) is 3.87. The molecule has 2 atom stereocenters. The molecule has 1 amide bonds. The van der Waals surface area contributed by atoms with Crippen molar-refractivity contribution >= 4 is 5.91 Å². The van der Waals surface area contributed by atoms with Crippen molar-refractivity contribution in [2.45, 2.75) is 44.8 Å². The highest BCUT2D eigenvalue weighted by atomic mass is 16.3. The first kappa shape index (κ1) is 12.9. The van der Waals surface area contributed by atoms with Gasteiger partial charge in [0.1, 0.15) is 5.75 Å². The molecule has 4 nitrogen and oxygen atoms in total. The van der Waals surface area contributed by atoms with Crippen molar-refractivity contribution < 1.29 is 15.0 Å². The average molecular weight is 249 g/mol. The van der Waals surface area contributed by atoms with Gasteiger partial charge in [0.05, 0.1) is 17.7 Å². The number of rotatable bonds is 2. The monoisotopic (exact) mass is 249 g/mol. The predicted octanol–water partition coefficient (Wildman–Crippen LogP) is 1.73. The minimum atomic E-state index is -0.477. The molecule has 1 aromatic rings. The number of benzene rings is 1. The lowest BCUT2D eigenvalue weighted by molar-refractivity contribution is 0.0715. The van der Waals surface area contributed by atoms with E-state index in [0.717, 1.165) is 25.7 Å². The number of phenols is 1. The van der Waals surface area contributed by atoms with Crippen molar-refractivity contribution in [3.8, 4) is 5.75 Å². The Morgan fingerprint density at radius 1 is 1.33 bits per heavy atom. The zero-order valence-corrected chi connectivity index (χ0v) is 10.5. The predicted molar refractivity (Wildman–Crippen MR) is 68.6 cm³/mol. The van der Waals surface area contributed by atoms with Crippen LogP contribution in [-0.4, -0.2) is 28.3 Å². The van der Waals surface area contributed by atoms with Crippen LogP contribution in [0.25, 0.3) is 0 Å². The van der Waals surface area contributed by atoms with Gasteiger partial charge in [0.15, 0.2) is 0 Å². The number of nitrogens with one attached hydrogen (secondary N) is 1. The molecule has 0 aromatic heterocycles. The van der Waals surface area contributed by atoms with Crippen LogP contribution in [0.3, 0.4) is 0 Å². The number of amides is 1. The highest BCUT2D eigenvalue weighted by Crippen LogP contribution is 2.23. The molecule has 0 aliphatic heterocycles. The molecule has 1 aliphatic carbocycles. The van der Waals surface area contributed by atoms with Crippen LogP contribution in [0.5, 0.6) is 5.75 Å². The van der Waals surface area contributed by atoms with E-state index in [4.69, 9.17) is 0 Å². The maximum Gasteiger partial charge on any atom is 0.255 e. The Morgan fingerprint density at radius 2 is 2.06 bits per heavy atom. The van der Waals surface area contributed by atoms with Crippen LogP contribution < -0.4 is 5.32 Å². The van der Waals surface area contributed by atoms with Crippen LogP contribution in [0, 0.1) is 6.92 Å². The average Bonchev–Trinajstić information content (AvgIpc) is 2.35. The van der Waals surface area contributed by atoms with Crippen molar-refractivity contribution in [3.63, 3.8) is 0 Å². The fourth-order valence-electron chi connectivity index (χ4n) is 2.37. The maximum absolute atomic E-state index is 12.0. The zero-order valence-electron chi connectivity index (χ0n) is 10.5. The molecule has 1 fully saturated rings. The second-order valence-corrected chi connectivity index (χ2v) is 4.90. The molecular weight excluding hydrogens is 230 g/mol. The number of hydrogen-bond acceptors (Lipinski definition) is 3. The number of para-hydroxylation sites is 1. The smallest absolute Gasteiger partial charge is 0.255 e. The zero-order chi connectivity index (χ0) is 13.1. The molecule has 0 saturated heterocycles. The fraction of sp³-hybridized carbons (Fsp3) is 0.500. The molecule has 1 aliphatic rings. The van der Waals surface area contributed by atoms with Crippen LogP contribution in [0.2, 0.25) is 0 Å². The largest absolute Gasteiger partial charge is 0.507 e. The molecule has 2 rings (SSSR count). The quantitative estimate of drug-likeness (QED) is 0.747. The summed E-state index contributed by atoms with van der Waals surface area (Å²) in [5, 5.41) is 22.5. The molecule has 0 heterocycles. The van der Waals surface area contributed by atoms with Gasteiger partial charge in [0.25, 0.3) is 5.91 Å². The number of aliphatic hydroxyl groups is 1. The standard InChI is InChI=1S/C14H19NO3/c1-9-5-4-6-10(13(9)17)14(18)15-11-7-2-3-8-12(11)16/h4-6,11-12,16-17H,2-3,7-8H2,1H3,(H,15,18)/t11-,12-/m0/s1. The van der Waals surface area contributed by atoms with Gasteiger partial charge in [0, 0.05) is 0 Å². The van der Waals surface area contributed by atoms with Gasteiger partial charge < -0.3 is 15.5 Å². The first-order valence-electron chi connectivity index (χ1n) is 6.37. The Labute approximate surface area is 107 Å². The molecule has 18 heavy (non-hydrogen) atoms. The number of hydrogen-bond donors (Lipinski definition) is 3. The minimum absolute atomic E-state index is 0.0142. The molecule has 0 radical (unpaired) electrons. The number of aromatic hydroxyl groups is 1. The van der Waals surface area contributed by atoms with Gasteiger partial charge in [-0.3, -0.25) is 4.79 Å². The Bertz CT molecular complexity index is 445. The number of carbonyl (C=O) groups excluding carboxylic acids is 1. The summed E-state index contributed by atoms with van der Waals surface area (Å²) in [5.41, 5.74) is 0.944. The fourth-order valence-corrected chi connectivity index (χ4v) is 2.37. The third kappa shape index (κ3) is 2.64. The normalized spacial score (nSPS) is 23.7. The summed E-state index contributed by atoms with van der Waals surface area (Å²) in [6, 6.07) is 4.88. The summed E-state index contributed by atoms with van der Waals surface area (Å²) < 4.78 is 0. The SMILES string of the molecule is Cc1cccc(C(=O)N[C@H]2CCCC[C@@H]2O)c1O. The molecule has 0 unspecified atom stereocenters. The van der Waals surface area contributed by atoms with Gasteiger partial charge >= 0.3 is 0 Å². The molecule has 98 valence electrons. The van der Waals surface area contributed by atoms with Gasteiger partial charge in [-0.2, -0.15) is 0 Å². The van der Waals surface area contributed by atoms with E-state index in [1.165, 1.54) is 0 Å². The van der Waals surface area contributed by atoms with Gasteiger partial charge in [-0.25, -0.2) is 0 Å². The van der Waals surface area contributed by atoms with E-state index >= 15 is 0 Å². The summed E-state index contributed by atoms with van der Waals surface area (Å²) >= 11 is 0. The molecular formula is C14H19NO3. The first-order valence-corrected chi connectivity index (χ1v) is 6.37. The summed E-state index contributed by atoms with van der Waals surface area (Å²) in [6.45, 7) is 1.75. The number of phenolic OH excluding ortho intramolecular Hbond substituents is 1. The lowest BCUT2D eigenvalue weighted by Crippen LogP contribution is -2.45. The van der Waals surface area contributed by atoms with Gasteiger partial charge in [-0.1, -0.05) is 25.0 Å². The van der Waals surface area contributed by atoms with Crippen molar-refractivity contribution in [1.29, 1.82) is 0 Å². The van der Waals surface area contributed by atoms with Crippen LogP contribution in [0.15, 0.2) is 18.2 Å². The van der Waals surface area contributed by atoms with Gasteiger partial charge in [-0.15, -0.1) is 0 Å². The first-order chi connectivity index (χ1) is 8.59. The van der Waals surface area contributed by atoms with Crippen molar-refractivity contribution in [3.05, 3.63) is 29.3 Å². The highest BCUT2D eigenvalue weighted by Gasteiger charge is 2.25. The Balaban J connectivity index is 2.09. The second-order valence-electron chi connectivity index (χ2n) is 4.90. The molecule has 3 N–H and O–H groups in total.